The molecule has 1 aromatic rings. The molecule has 1 aromatic carbocycles. The van der Waals surface area contributed by atoms with Gasteiger partial charge in [-0.2, -0.15) is 0 Å². The summed E-state index contributed by atoms with van der Waals surface area (Å²) >= 11 is 0. The molecule has 0 spiro atoms. The molecule has 1 rings (SSSR count). The van der Waals surface area contributed by atoms with Gasteiger partial charge in [0, 0.05) is 11.7 Å². The molecule has 1 atom stereocenters. The molecule has 18 heavy (non-hydrogen) atoms. The van der Waals surface area contributed by atoms with Crippen LogP contribution in [0.4, 0.5) is 10.5 Å². The highest BCUT2D eigenvalue weighted by Gasteiger charge is 2.07. The summed E-state index contributed by atoms with van der Waals surface area (Å²) in [4.78, 5) is 11.4. The molecule has 1 unspecified atom stereocenters. The summed E-state index contributed by atoms with van der Waals surface area (Å²) in [5.41, 5.74) is 1.94. The van der Waals surface area contributed by atoms with Crippen LogP contribution in [0.2, 0.25) is 0 Å². The molecule has 0 aliphatic rings. The van der Waals surface area contributed by atoms with Gasteiger partial charge in [-0.1, -0.05) is 19.1 Å². The van der Waals surface area contributed by atoms with Crippen LogP contribution in [0.3, 0.4) is 0 Å². The Bertz CT molecular complexity index is 374. The second-order valence-corrected chi connectivity index (χ2v) is 4.48. The second-order valence-electron chi connectivity index (χ2n) is 4.48. The minimum absolute atomic E-state index is 0.113. The number of carbonyl (C=O) groups is 1. The Labute approximate surface area is 109 Å². The Morgan fingerprint density at radius 3 is 2.33 bits per heavy atom. The quantitative estimate of drug-likeness (QED) is 0.843. The normalized spacial score (nSPS) is 12.3. The van der Waals surface area contributed by atoms with Crippen molar-refractivity contribution in [1.29, 1.82) is 0 Å². The number of benzene rings is 1. The fraction of sp³-hybridized carbons (Fsp3) is 0.500. The van der Waals surface area contributed by atoms with E-state index in [1.165, 1.54) is 5.56 Å². The van der Waals surface area contributed by atoms with Crippen molar-refractivity contribution in [2.45, 2.75) is 39.8 Å². The molecule has 0 aliphatic carbocycles. The van der Waals surface area contributed by atoms with E-state index in [0.29, 0.717) is 6.04 Å². The maximum absolute atomic E-state index is 11.4. The van der Waals surface area contributed by atoms with Crippen LogP contribution in [0.15, 0.2) is 24.3 Å². The van der Waals surface area contributed by atoms with Crippen molar-refractivity contribution in [1.82, 2.24) is 5.32 Å². The number of carbonyl (C=O) groups excluding carboxylic acids is 1. The molecule has 0 aliphatic heterocycles. The van der Waals surface area contributed by atoms with Crippen molar-refractivity contribution in [2.75, 3.05) is 11.9 Å². The van der Waals surface area contributed by atoms with Crippen molar-refractivity contribution in [2.24, 2.45) is 0 Å². The molecule has 0 bridgehead atoms. The summed E-state index contributed by atoms with van der Waals surface area (Å²) in [6.07, 6.45) is -0.532. The van der Waals surface area contributed by atoms with Crippen LogP contribution in [0.25, 0.3) is 0 Å². The molecule has 0 saturated carbocycles. The molecule has 4 nitrogen and oxygen atoms in total. The molecule has 0 saturated heterocycles. The molecule has 0 aromatic heterocycles. The highest BCUT2D eigenvalue weighted by Crippen LogP contribution is 2.16. The lowest BCUT2D eigenvalue weighted by Gasteiger charge is -2.14. The predicted molar refractivity (Wildman–Crippen MR) is 73.8 cm³/mol. The van der Waals surface area contributed by atoms with Crippen LogP contribution in [0.1, 0.15) is 39.3 Å². The van der Waals surface area contributed by atoms with Crippen LogP contribution in [0, 0.1) is 0 Å². The van der Waals surface area contributed by atoms with Gasteiger partial charge in [-0.3, -0.25) is 5.32 Å². The van der Waals surface area contributed by atoms with E-state index in [9.17, 15) is 4.79 Å². The smallest absolute Gasteiger partial charge is 0.411 e. The summed E-state index contributed by atoms with van der Waals surface area (Å²) in [5.74, 6) is 0. The minimum atomic E-state index is -0.419. The van der Waals surface area contributed by atoms with Crippen LogP contribution in [-0.4, -0.2) is 18.7 Å². The highest BCUT2D eigenvalue weighted by atomic mass is 16.6. The van der Waals surface area contributed by atoms with E-state index in [4.69, 9.17) is 4.74 Å². The Morgan fingerprint density at radius 2 is 1.83 bits per heavy atom. The third-order valence-corrected chi connectivity index (χ3v) is 2.51. The highest BCUT2D eigenvalue weighted by molar-refractivity contribution is 5.84. The van der Waals surface area contributed by atoms with Gasteiger partial charge in [0.25, 0.3) is 0 Å². The summed E-state index contributed by atoms with van der Waals surface area (Å²) in [5, 5.41) is 6.03. The van der Waals surface area contributed by atoms with Crippen molar-refractivity contribution in [3.05, 3.63) is 29.8 Å². The second kappa shape index (κ2) is 7.01. The zero-order valence-corrected chi connectivity index (χ0v) is 11.5. The minimum Gasteiger partial charge on any atom is -0.447 e. The number of amides is 1. The molecular weight excluding hydrogens is 228 g/mol. The first-order chi connectivity index (χ1) is 8.52. The molecular formula is C14H22N2O2. The standard InChI is InChI=1S/C14H22N2O2/c1-5-15-11(4)12-6-8-13(9-7-12)16-14(17)18-10(2)3/h6-11,15H,5H2,1-4H3,(H,16,17). The van der Waals surface area contributed by atoms with Gasteiger partial charge in [-0.15, -0.1) is 0 Å². The Hall–Kier alpha value is -1.55. The molecule has 2 N–H and O–H groups in total. The molecule has 100 valence electrons. The van der Waals surface area contributed by atoms with Gasteiger partial charge < -0.3 is 10.1 Å². The lowest BCUT2D eigenvalue weighted by atomic mass is 10.1. The zero-order chi connectivity index (χ0) is 13.5. The third kappa shape index (κ3) is 4.75. The van der Waals surface area contributed by atoms with Gasteiger partial charge in [0.15, 0.2) is 0 Å². The lowest BCUT2D eigenvalue weighted by Crippen LogP contribution is -2.19. The van der Waals surface area contributed by atoms with Crippen molar-refractivity contribution in [3.63, 3.8) is 0 Å². The number of nitrogens with one attached hydrogen (secondary N) is 2. The molecule has 0 radical (unpaired) electrons. The number of anilines is 1. The van der Waals surface area contributed by atoms with Gasteiger partial charge >= 0.3 is 6.09 Å². The lowest BCUT2D eigenvalue weighted by molar-refractivity contribution is 0.130. The summed E-state index contributed by atoms with van der Waals surface area (Å²) < 4.78 is 5.01. The van der Waals surface area contributed by atoms with Gasteiger partial charge in [0.05, 0.1) is 6.10 Å². The fourth-order valence-corrected chi connectivity index (χ4v) is 1.64. The van der Waals surface area contributed by atoms with Crippen LogP contribution in [0.5, 0.6) is 0 Å². The first-order valence-electron chi connectivity index (χ1n) is 6.34. The average Bonchev–Trinajstić information content (AvgIpc) is 2.29. The van der Waals surface area contributed by atoms with E-state index in [2.05, 4.69) is 24.5 Å². The van der Waals surface area contributed by atoms with Gasteiger partial charge in [-0.25, -0.2) is 4.79 Å². The van der Waals surface area contributed by atoms with E-state index in [0.717, 1.165) is 12.2 Å². The first kappa shape index (κ1) is 14.5. The van der Waals surface area contributed by atoms with Crippen molar-refractivity contribution >= 4 is 11.8 Å². The predicted octanol–water partition coefficient (Wildman–Crippen LogP) is 3.31. The number of ether oxygens (including phenoxy) is 1. The number of hydrogen-bond donors (Lipinski definition) is 2. The number of hydrogen-bond acceptors (Lipinski definition) is 3. The molecule has 0 heterocycles. The van der Waals surface area contributed by atoms with Crippen molar-refractivity contribution in [3.8, 4) is 0 Å². The summed E-state index contributed by atoms with van der Waals surface area (Å²) in [6, 6.07) is 8.07. The summed E-state index contributed by atoms with van der Waals surface area (Å²) in [7, 11) is 0. The SMILES string of the molecule is CCNC(C)c1ccc(NC(=O)OC(C)C)cc1. The summed E-state index contributed by atoms with van der Waals surface area (Å²) in [6.45, 7) is 8.76. The van der Waals surface area contributed by atoms with Gasteiger partial charge in [-0.05, 0) is 45.0 Å². The average molecular weight is 250 g/mol. The van der Waals surface area contributed by atoms with Crippen LogP contribution < -0.4 is 10.6 Å². The third-order valence-electron chi connectivity index (χ3n) is 2.51. The monoisotopic (exact) mass is 250 g/mol. The largest absolute Gasteiger partial charge is 0.447 e. The van der Waals surface area contributed by atoms with E-state index < -0.39 is 6.09 Å². The van der Waals surface area contributed by atoms with E-state index in [1.54, 1.807) is 0 Å². The maximum Gasteiger partial charge on any atom is 0.411 e. The van der Waals surface area contributed by atoms with E-state index in [-0.39, 0.29) is 6.10 Å². The van der Waals surface area contributed by atoms with Crippen molar-refractivity contribution < 1.29 is 9.53 Å². The van der Waals surface area contributed by atoms with Gasteiger partial charge in [0.1, 0.15) is 0 Å². The Morgan fingerprint density at radius 1 is 1.22 bits per heavy atom. The van der Waals surface area contributed by atoms with Crippen LogP contribution >= 0.6 is 0 Å². The van der Waals surface area contributed by atoms with E-state index in [1.807, 2.05) is 38.1 Å². The topological polar surface area (TPSA) is 50.4 Å². The first-order valence-corrected chi connectivity index (χ1v) is 6.34. The zero-order valence-electron chi connectivity index (χ0n) is 11.5. The Balaban J connectivity index is 2.57. The van der Waals surface area contributed by atoms with Gasteiger partial charge in [0.2, 0.25) is 0 Å². The Kier molecular flexibility index (Phi) is 5.65. The van der Waals surface area contributed by atoms with E-state index >= 15 is 0 Å². The maximum atomic E-state index is 11.4. The fourth-order valence-electron chi connectivity index (χ4n) is 1.64. The molecule has 4 heteroatoms. The molecule has 1 amide bonds. The van der Waals surface area contributed by atoms with Crippen LogP contribution in [-0.2, 0) is 4.74 Å². The molecule has 0 fully saturated rings. The number of rotatable bonds is 5.